The Bertz CT molecular complexity index is 344. The van der Waals surface area contributed by atoms with E-state index in [2.05, 4.69) is 5.16 Å². The number of hydrogen-bond acceptors (Lipinski definition) is 3. The summed E-state index contributed by atoms with van der Waals surface area (Å²) < 4.78 is 0. The van der Waals surface area contributed by atoms with Crippen molar-refractivity contribution in [3.8, 4) is 0 Å². The number of rotatable bonds is 5. The van der Waals surface area contributed by atoms with Crippen LogP contribution in [0.5, 0.6) is 0 Å². The van der Waals surface area contributed by atoms with Crippen molar-refractivity contribution in [2.45, 2.75) is 26.9 Å². The number of carbonyl (C=O) groups is 1. The molecule has 0 aliphatic heterocycles. The smallest absolute Gasteiger partial charge is 0.142 e. The molecule has 1 aromatic carbocycles. The molecule has 3 nitrogen and oxygen atoms in total. The molecule has 0 aliphatic carbocycles. The summed E-state index contributed by atoms with van der Waals surface area (Å²) >= 11 is 0. The summed E-state index contributed by atoms with van der Waals surface area (Å²) in [7, 11) is 0. The summed E-state index contributed by atoms with van der Waals surface area (Å²) in [6.07, 6.45) is 0.356. The summed E-state index contributed by atoms with van der Waals surface area (Å²) in [5.41, 5.74) is 1.77. The van der Waals surface area contributed by atoms with Gasteiger partial charge in [0.25, 0.3) is 0 Å². The minimum atomic E-state index is 0.0968. The van der Waals surface area contributed by atoms with Crippen LogP contribution in [0.2, 0.25) is 0 Å². The number of ketones is 1. The third-order valence-corrected chi connectivity index (χ3v) is 1.80. The Morgan fingerprint density at radius 2 is 1.93 bits per heavy atom. The average molecular weight is 205 g/mol. The highest BCUT2D eigenvalue weighted by molar-refractivity contribution is 5.99. The van der Waals surface area contributed by atoms with Crippen molar-refractivity contribution in [2.24, 2.45) is 5.16 Å². The van der Waals surface area contributed by atoms with Crippen LogP contribution in [0.15, 0.2) is 35.5 Å². The van der Waals surface area contributed by atoms with E-state index < -0.39 is 0 Å². The highest BCUT2D eigenvalue weighted by Gasteiger charge is 1.97. The van der Waals surface area contributed by atoms with Gasteiger partial charge in [-0.15, -0.1) is 0 Å². The van der Waals surface area contributed by atoms with E-state index >= 15 is 0 Å². The van der Waals surface area contributed by atoms with Crippen molar-refractivity contribution in [1.82, 2.24) is 0 Å². The van der Waals surface area contributed by atoms with Crippen molar-refractivity contribution in [3.63, 3.8) is 0 Å². The Morgan fingerprint density at radius 1 is 1.27 bits per heavy atom. The molecule has 1 rings (SSSR count). The first-order valence-corrected chi connectivity index (χ1v) is 4.87. The molecular weight excluding hydrogens is 190 g/mol. The van der Waals surface area contributed by atoms with Gasteiger partial charge in [0, 0.05) is 6.42 Å². The Labute approximate surface area is 89.7 Å². The maximum atomic E-state index is 10.8. The van der Waals surface area contributed by atoms with Crippen molar-refractivity contribution < 1.29 is 9.63 Å². The molecule has 1 aromatic rings. The average Bonchev–Trinajstić information content (AvgIpc) is 2.18. The predicted molar refractivity (Wildman–Crippen MR) is 59.6 cm³/mol. The van der Waals surface area contributed by atoms with Crippen LogP contribution in [0.1, 0.15) is 25.8 Å². The highest BCUT2D eigenvalue weighted by atomic mass is 16.6. The molecule has 0 amide bonds. The summed E-state index contributed by atoms with van der Waals surface area (Å²) in [5.74, 6) is 0.0968. The maximum absolute atomic E-state index is 10.8. The van der Waals surface area contributed by atoms with Crippen LogP contribution in [-0.2, 0) is 16.2 Å². The van der Waals surface area contributed by atoms with Gasteiger partial charge in [-0.1, -0.05) is 35.5 Å². The van der Waals surface area contributed by atoms with Crippen molar-refractivity contribution in [3.05, 3.63) is 35.9 Å². The molecule has 0 spiro atoms. The lowest BCUT2D eigenvalue weighted by atomic mass is 10.2. The Kier molecular flexibility index (Phi) is 4.54. The highest BCUT2D eigenvalue weighted by Crippen LogP contribution is 2.01. The lowest BCUT2D eigenvalue weighted by Crippen LogP contribution is -2.00. The Morgan fingerprint density at radius 3 is 2.53 bits per heavy atom. The molecule has 0 aliphatic rings. The fraction of sp³-hybridized carbons (Fsp3) is 0.333. The molecule has 15 heavy (non-hydrogen) atoms. The van der Waals surface area contributed by atoms with Gasteiger partial charge < -0.3 is 4.84 Å². The van der Waals surface area contributed by atoms with Crippen LogP contribution in [0, 0.1) is 0 Å². The summed E-state index contributed by atoms with van der Waals surface area (Å²) in [6, 6.07) is 9.79. The van der Waals surface area contributed by atoms with Gasteiger partial charge in [-0.05, 0) is 19.4 Å². The quantitative estimate of drug-likeness (QED) is 0.547. The molecule has 0 radical (unpaired) electrons. The molecular formula is C12H15NO2. The van der Waals surface area contributed by atoms with E-state index in [1.54, 1.807) is 6.92 Å². The molecule has 0 bridgehead atoms. The van der Waals surface area contributed by atoms with Crippen LogP contribution >= 0.6 is 0 Å². The topological polar surface area (TPSA) is 38.7 Å². The van der Waals surface area contributed by atoms with E-state index in [1.807, 2.05) is 30.3 Å². The first-order chi connectivity index (χ1) is 7.18. The van der Waals surface area contributed by atoms with E-state index in [1.165, 1.54) is 6.92 Å². The molecule has 0 heterocycles. The number of oxime groups is 1. The second kappa shape index (κ2) is 5.96. The molecule has 0 aromatic heterocycles. The van der Waals surface area contributed by atoms with Crippen LogP contribution in [0.25, 0.3) is 0 Å². The van der Waals surface area contributed by atoms with Gasteiger partial charge >= 0.3 is 0 Å². The largest absolute Gasteiger partial charge is 0.391 e. The number of carbonyl (C=O) groups excluding carboxylic acids is 1. The molecule has 0 atom stereocenters. The zero-order valence-electron chi connectivity index (χ0n) is 9.06. The molecule has 0 fully saturated rings. The van der Waals surface area contributed by atoms with Gasteiger partial charge in [-0.3, -0.25) is 4.79 Å². The van der Waals surface area contributed by atoms with E-state index in [4.69, 9.17) is 4.84 Å². The van der Waals surface area contributed by atoms with Gasteiger partial charge in [0.15, 0.2) is 0 Å². The number of benzene rings is 1. The van der Waals surface area contributed by atoms with E-state index in [-0.39, 0.29) is 5.78 Å². The van der Waals surface area contributed by atoms with Gasteiger partial charge in [-0.2, -0.15) is 0 Å². The number of hydrogen-bond donors (Lipinski definition) is 0. The molecule has 3 heteroatoms. The Hall–Kier alpha value is -1.64. The first-order valence-electron chi connectivity index (χ1n) is 4.87. The van der Waals surface area contributed by atoms with Gasteiger partial charge in [-0.25, -0.2) is 0 Å². The van der Waals surface area contributed by atoms with Crippen LogP contribution in [0.3, 0.4) is 0 Å². The zero-order chi connectivity index (χ0) is 11.1. The number of Topliss-reactive ketones (excluding diaryl/α,β-unsaturated/α-hetero) is 1. The molecule has 0 saturated carbocycles. The summed E-state index contributed by atoms with van der Waals surface area (Å²) in [4.78, 5) is 15.9. The second-order valence-corrected chi connectivity index (χ2v) is 3.46. The minimum Gasteiger partial charge on any atom is -0.391 e. The fourth-order valence-electron chi connectivity index (χ4n) is 1.18. The number of nitrogens with zero attached hydrogens (tertiary/aromatic N) is 1. The van der Waals surface area contributed by atoms with Gasteiger partial charge in [0.1, 0.15) is 12.4 Å². The summed E-state index contributed by atoms with van der Waals surface area (Å²) in [5, 5.41) is 3.86. The van der Waals surface area contributed by atoms with E-state index in [9.17, 15) is 4.79 Å². The van der Waals surface area contributed by atoms with Crippen molar-refractivity contribution in [2.75, 3.05) is 0 Å². The zero-order valence-corrected chi connectivity index (χ0v) is 9.06. The van der Waals surface area contributed by atoms with Gasteiger partial charge in [0.05, 0.1) is 5.71 Å². The fourth-order valence-corrected chi connectivity index (χ4v) is 1.18. The molecule has 0 N–H and O–H groups in total. The van der Waals surface area contributed by atoms with Crippen LogP contribution in [0.4, 0.5) is 0 Å². The molecule has 0 saturated heterocycles. The standard InChI is InChI=1S/C12H15NO2/c1-10(8-11(2)14)13-15-9-12-6-4-3-5-7-12/h3-7H,8-9H2,1-2H3/b13-10+. The third kappa shape index (κ3) is 4.96. The van der Waals surface area contributed by atoms with E-state index in [0.29, 0.717) is 18.7 Å². The van der Waals surface area contributed by atoms with E-state index in [0.717, 1.165) is 5.56 Å². The lowest BCUT2D eigenvalue weighted by molar-refractivity contribution is -0.115. The monoisotopic (exact) mass is 205 g/mol. The molecule has 80 valence electrons. The maximum Gasteiger partial charge on any atom is 0.142 e. The minimum absolute atomic E-state index is 0.0968. The van der Waals surface area contributed by atoms with Gasteiger partial charge in [0.2, 0.25) is 0 Å². The second-order valence-electron chi connectivity index (χ2n) is 3.46. The molecule has 0 unspecified atom stereocenters. The van der Waals surface area contributed by atoms with Crippen molar-refractivity contribution in [1.29, 1.82) is 0 Å². The van der Waals surface area contributed by atoms with Crippen molar-refractivity contribution >= 4 is 11.5 Å². The third-order valence-electron chi connectivity index (χ3n) is 1.80. The van der Waals surface area contributed by atoms with Crippen LogP contribution in [-0.4, -0.2) is 11.5 Å². The normalized spacial score (nSPS) is 11.2. The summed E-state index contributed by atoms with van der Waals surface area (Å²) in [6.45, 7) is 3.76. The lowest BCUT2D eigenvalue weighted by Gasteiger charge is -2.00. The van der Waals surface area contributed by atoms with Crippen LogP contribution < -0.4 is 0 Å². The predicted octanol–water partition coefficient (Wildman–Crippen LogP) is 2.56. The SMILES string of the molecule is CC(=O)C/C(C)=N/OCc1ccccc1. The first kappa shape index (κ1) is 11.4. The Balaban J connectivity index is 2.35.